The topological polar surface area (TPSA) is 216 Å². The van der Waals surface area contributed by atoms with Crippen molar-refractivity contribution in [3.05, 3.63) is 23.8 Å². The normalized spacial score (nSPS) is 24.0. The van der Waals surface area contributed by atoms with Gasteiger partial charge in [0.2, 0.25) is 5.91 Å². The third-order valence-corrected chi connectivity index (χ3v) is 6.41. The Morgan fingerprint density at radius 1 is 1.00 bits per heavy atom. The molecule has 0 saturated carbocycles. The number of hydrogen-bond acceptors (Lipinski definition) is 14. The van der Waals surface area contributed by atoms with Gasteiger partial charge in [-0.05, 0) is 25.1 Å². The van der Waals surface area contributed by atoms with E-state index in [1.54, 1.807) is 0 Å². The number of carboxylic acid groups (broad SMARTS) is 1. The molecule has 0 unspecified atom stereocenters. The van der Waals surface area contributed by atoms with E-state index in [0.717, 1.165) is 34.6 Å². The predicted molar refractivity (Wildman–Crippen MR) is 144 cm³/mol. The lowest BCUT2D eigenvalue weighted by Crippen LogP contribution is -2.75. The Bertz CT molecular complexity index is 1300. The van der Waals surface area contributed by atoms with Gasteiger partial charge in [-0.15, -0.1) is 0 Å². The van der Waals surface area contributed by atoms with Gasteiger partial charge in [-0.3, -0.25) is 28.8 Å². The minimum absolute atomic E-state index is 0.0715. The largest absolute Gasteiger partial charge is 0.493 e. The van der Waals surface area contributed by atoms with E-state index >= 15 is 0 Å². The van der Waals surface area contributed by atoms with Gasteiger partial charge in [0, 0.05) is 40.2 Å². The summed E-state index contributed by atoms with van der Waals surface area (Å²) in [4.78, 5) is 85.1. The number of carboxylic acids is 1. The summed E-state index contributed by atoms with van der Waals surface area (Å²) >= 11 is 0. The molecular formula is C28H35NO15. The molecule has 0 radical (unpaired) electrons. The Hall–Kier alpha value is -4.73. The van der Waals surface area contributed by atoms with Crippen LogP contribution in [0.25, 0.3) is 0 Å². The van der Waals surface area contributed by atoms with Crippen molar-refractivity contribution in [2.45, 2.75) is 83.7 Å². The number of benzene rings is 1. The fraction of sp³-hybridized carbons (Fsp3) is 0.536. The van der Waals surface area contributed by atoms with Crippen LogP contribution in [-0.2, 0) is 52.5 Å². The second-order valence-electron chi connectivity index (χ2n) is 9.98. The lowest BCUT2D eigenvalue weighted by molar-refractivity contribution is -0.322. The van der Waals surface area contributed by atoms with Crippen molar-refractivity contribution in [2.24, 2.45) is 0 Å². The summed E-state index contributed by atoms with van der Waals surface area (Å²) in [5.41, 5.74) is -2.09. The van der Waals surface area contributed by atoms with Crippen LogP contribution in [0.3, 0.4) is 0 Å². The molecule has 16 nitrogen and oxygen atoms in total. The van der Waals surface area contributed by atoms with Crippen LogP contribution in [0.5, 0.6) is 11.5 Å². The van der Waals surface area contributed by atoms with Crippen LogP contribution >= 0.6 is 0 Å². The lowest BCUT2D eigenvalue weighted by Gasteiger charge is -2.54. The number of nitrogens with one attached hydrogen (secondary N) is 1. The molecule has 0 spiro atoms. The first-order valence-electron chi connectivity index (χ1n) is 13.2. The molecule has 242 valence electrons. The number of carbonyl (C=O) groups excluding carboxylic acids is 6. The van der Waals surface area contributed by atoms with Crippen LogP contribution < -0.4 is 14.8 Å². The fourth-order valence-corrected chi connectivity index (χ4v) is 4.82. The predicted octanol–water partition coefficient (Wildman–Crippen LogP) is 0.709. The van der Waals surface area contributed by atoms with E-state index in [1.165, 1.54) is 32.2 Å². The van der Waals surface area contributed by atoms with Crippen LogP contribution in [0.2, 0.25) is 0 Å². The first-order valence-corrected chi connectivity index (χ1v) is 13.2. The lowest BCUT2D eigenvalue weighted by atomic mass is 9.78. The van der Waals surface area contributed by atoms with Gasteiger partial charge in [0.05, 0.1) is 19.6 Å². The molecule has 1 aromatic carbocycles. The summed E-state index contributed by atoms with van der Waals surface area (Å²) in [7, 11) is 1.24. The second kappa shape index (κ2) is 14.6. The van der Waals surface area contributed by atoms with Gasteiger partial charge in [0.1, 0.15) is 24.6 Å². The maximum atomic E-state index is 13.0. The van der Waals surface area contributed by atoms with Crippen molar-refractivity contribution in [3.63, 3.8) is 0 Å². The van der Waals surface area contributed by atoms with Crippen LogP contribution in [-0.4, -0.2) is 96.6 Å². The average Bonchev–Trinajstić information content (AvgIpc) is 2.91. The summed E-state index contributed by atoms with van der Waals surface area (Å²) < 4.78 is 38.7. The van der Waals surface area contributed by atoms with Crippen LogP contribution in [0.1, 0.15) is 58.3 Å². The van der Waals surface area contributed by atoms with Crippen molar-refractivity contribution in [2.75, 3.05) is 13.7 Å². The van der Waals surface area contributed by atoms with Crippen LogP contribution in [0, 0.1) is 0 Å². The van der Waals surface area contributed by atoms with Crippen LogP contribution in [0.4, 0.5) is 0 Å². The van der Waals surface area contributed by atoms with Crippen molar-refractivity contribution < 1.29 is 71.8 Å². The standard InChI is InChI=1S/C28H35NO15/c1-14(31)29-24-22(40-16(3)33)11-28(26(36)37,43-20-9-8-19(12-30)10-21(20)38-7)44-27(24,6)25(42-18(5)35)23(41-17(4)34)13-39-15(2)32/h8-10,12,22-25H,11,13H2,1-7H3,(H,29,31)(H,36,37)/t22-,23+,24+,25+,27+,28-/m0/s1. The van der Waals surface area contributed by atoms with E-state index in [-0.39, 0.29) is 17.1 Å². The maximum Gasteiger partial charge on any atom is 0.377 e. The molecule has 6 atom stereocenters. The molecule has 0 aliphatic carbocycles. The Kier molecular flexibility index (Phi) is 11.8. The molecular weight excluding hydrogens is 590 g/mol. The number of hydrogen-bond donors (Lipinski definition) is 2. The summed E-state index contributed by atoms with van der Waals surface area (Å²) in [6.45, 7) is 5.73. The zero-order valence-corrected chi connectivity index (χ0v) is 25.2. The summed E-state index contributed by atoms with van der Waals surface area (Å²) in [6.07, 6.45) is -5.21. The van der Waals surface area contributed by atoms with E-state index in [0.29, 0.717) is 6.29 Å². The Morgan fingerprint density at radius 2 is 1.64 bits per heavy atom. The molecule has 1 amide bonds. The number of rotatable bonds is 13. The minimum Gasteiger partial charge on any atom is -0.493 e. The van der Waals surface area contributed by atoms with Gasteiger partial charge in [0.15, 0.2) is 23.7 Å². The highest BCUT2D eigenvalue weighted by Gasteiger charge is 2.65. The van der Waals surface area contributed by atoms with E-state index in [4.69, 9.17) is 33.2 Å². The maximum absolute atomic E-state index is 13.0. The van der Waals surface area contributed by atoms with Gasteiger partial charge >= 0.3 is 35.6 Å². The van der Waals surface area contributed by atoms with E-state index in [1.807, 2.05) is 0 Å². The highest BCUT2D eigenvalue weighted by Crippen LogP contribution is 2.44. The number of amides is 1. The van der Waals surface area contributed by atoms with E-state index in [2.05, 4.69) is 5.32 Å². The molecule has 44 heavy (non-hydrogen) atoms. The van der Waals surface area contributed by atoms with Gasteiger partial charge in [-0.2, -0.15) is 0 Å². The van der Waals surface area contributed by atoms with Gasteiger partial charge in [-0.1, -0.05) is 0 Å². The van der Waals surface area contributed by atoms with E-state index in [9.17, 15) is 38.7 Å². The number of esters is 4. The monoisotopic (exact) mass is 625 g/mol. The molecule has 1 aliphatic rings. The average molecular weight is 626 g/mol. The molecule has 1 heterocycles. The second-order valence-corrected chi connectivity index (χ2v) is 9.98. The Balaban J connectivity index is 2.90. The third kappa shape index (κ3) is 8.65. The van der Waals surface area contributed by atoms with Gasteiger partial charge in [-0.25, -0.2) is 4.79 Å². The highest BCUT2D eigenvalue weighted by atomic mass is 16.7. The van der Waals surface area contributed by atoms with Gasteiger partial charge in [0.25, 0.3) is 0 Å². The van der Waals surface area contributed by atoms with Gasteiger partial charge < -0.3 is 43.6 Å². The molecule has 1 saturated heterocycles. The first kappa shape index (κ1) is 35.5. The SMILES string of the molecule is COc1cc(C=O)ccc1O[C@@]1(C(=O)O)C[C@H](OC(C)=O)[C@@H](NC(C)=O)[C@](C)([C@H](OC(C)=O)[C@@H](COC(C)=O)OC(C)=O)O1. The Labute approximate surface area is 252 Å². The van der Waals surface area contributed by atoms with E-state index < -0.39 is 84.5 Å². The molecule has 16 heteroatoms. The molecule has 2 rings (SSSR count). The fourth-order valence-electron chi connectivity index (χ4n) is 4.82. The first-order chi connectivity index (χ1) is 20.5. The number of aliphatic carboxylic acids is 1. The van der Waals surface area contributed by atoms with Crippen molar-refractivity contribution >= 4 is 42.0 Å². The number of carbonyl (C=O) groups is 7. The highest BCUT2D eigenvalue weighted by molar-refractivity contribution is 5.79. The molecule has 1 aliphatic heterocycles. The quantitative estimate of drug-likeness (QED) is 0.175. The molecule has 0 bridgehead atoms. The number of methoxy groups -OCH3 is 1. The van der Waals surface area contributed by atoms with Crippen molar-refractivity contribution in [1.82, 2.24) is 5.32 Å². The summed E-state index contributed by atoms with van der Waals surface area (Å²) in [5.74, 6) is -9.07. The van der Waals surface area contributed by atoms with Crippen molar-refractivity contribution in [1.29, 1.82) is 0 Å². The molecule has 0 aromatic heterocycles. The molecule has 1 fully saturated rings. The number of aldehydes is 1. The number of ether oxygens (including phenoxy) is 7. The summed E-state index contributed by atoms with van der Waals surface area (Å²) in [6, 6.07) is 2.34. The molecule has 1 aromatic rings. The minimum atomic E-state index is -2.76. The zero-order chi connectivity index (χ0) is 33.4. The Morgan fingerprint density at radius 3 is 2.11 bits per heavy atom. The third-order valence-electron chi connectivity index (χ3n) is 6.41. The van der Waals surface area contributed by atoms with Crippen molar-refractivity contribution in [3.8, 4) is 11.5 Å². The zero-order valence-electron chi connectivity index (χ0n) is 25.2. The molecule has 2 N–H and O–H groups in total. The summed E-state index contributed by atoms with van der Waals surface area (Å²) in [5, 5.41) is 13.1. The smallest absolute Gasteiger partial charge is 0.377 e. The van der Waals surface area contributed by atoms with Crippen LogP contribution in [0.15, 0.2) is 18.2 Å².